The molecule has 0 aromatic carbocycles. The molecule has 2 aliphatic rings. The number of nitrogens with one attached hydrogen (secondary N) is 1. The molecule has 1 unspecified atom stereocenters. The number of piperidine rings is 1. The molecule has 1 aliphatic heterocycles. The van der Waals surface area contributed by atoms with E-state index in [9.17, 15) is 0 Å². The van der Waals surface area contributed by atoms with E-state index in [0.29, 0.717) is 12.0 Å². The zero-order chi connectivity index (χ0) is 10.8. The van der Waals surface area contributed by atoms with Crippen molar-refractivity contribution in [1.29, 1.82) is 0 Å². The minimum Gasteiger partial charge on any atom is -0.338 e. The van der Waals surface area contributed by atoms with Gasteiger partial charge in [-0.1, -0.05) is 24.4 Å². The number of rotatable bonds is 2. The average Bonchev–Trinajstić information content (AvgIpc) is 3.01. The van der Waals surface area contributed by atoms with Crippen molar-refractivity contribution in [2.45, 2.75) is 56.9 Å². The van der Waals surface area contributed by atoms with E-state index in [1.54, 1.807) is 0 Å². The molecule has 96 valence electrons. The number of hydrogen-bond donors (Lipinski definition) is 1. The fraction of sp³-hybridized carbons (Fsp3) is 0.833. The van der Waals surface area contributed by atoms with E-state index in [1.165, 1.54) is 38.5 Å². The van der Waals surface area contributed by atoms with E-state index in [4.69, 9.17) is 4.52 Å². The summed E-state index contributed by atoms with van der Waals surface area (Å²) in [5.74, 6) is 2.31. The Morgan fingerprint density at radius 1 is 1.06 bits per heavy atom. The molecule has 1 N–H and O–H groups in total. The molecule has 3 rings (SSSR count). The maximum Gasteiger partial charge on any atom is 0.243 e. The number of hydrogen-bond acceptors (Lipinski definition) is 4. The highest BCUT2D eigenvalue weighted by Crippen LogP contribution is 2.33. The van der Waals surface area contributed by atoms with Gasteiger partial charge in [-0.15, -0.1) is 12.4 Å². The molecule has 17 heavy (non-hydrogen) atoms. The molecule has 0 amide bonds. The minimum atomic E-state index is 0. The van der Waals surface area contributed by atoms with Crippen molar-refractivity contribution in [3.8, 4) is 0 Å². The fourth-order valence-electron chi connectivity index (χ4n) is 2.80. The molecule has 5 heteroatoms. The van der Waals surface area contributed by atoms with Crippen molar-refractivity contribution in [1.82, 2.24) is 15.5 Å². The van der Waals surface area contributed by atoms with Gasteiger partial charge in [0.05, 0.1) is 6.04 Å². The lowest BCUT2D eigenvalue weighted by Gasteiger charge is -2.19. The van der Waals surface area contributed by atoms with Crippen LogP contribution in [0.1, 0.15) is 68.6 Å². The molecule has 1 atom stereocenters. The van der Waals surface area contributed by atoms with Crippen LogP contribution in [0.15, 0.2) is 4.52 Å². The van der Waals surface area contributed by atoms with E-state index in [1.807, 2.05) is 0 Å². The van der Waals surface area contributed by atoms with E-state index in [2.05, 4.69) is 15.5 Å². The molecular weight excluding hydrogens is 238 g/mol. The molecule has 2 heterocycles. The van der Waals surface area contributed by atoms with Gasteiger partial charge in [0.2, 0.25) is 5.89 Å². The summed E-state index contributed by atoms with van der Waals surface area (Å²) in [4.78, 5) is 4.58. The van der Waals surface area contributed by atoms with Crippen LogP contribution in [0, 0.1) is 0 Å². The summed E-state index contributed by atoms with van der Waals surface area (Å²) in [5.41, 5.74) is 0. The highest BCUT2D eigenvalue weighted by Gasteiger charge is 2.25. The molecule has 1 aliphatic carbocycles. The first-order valence-corrected chi connectivity index (χ1v) is 6.50. The molecule has 2 fully saturated rings. The second-order valence-corrected chi connectivity index (χ2v) is 4.97. The van der Waals surface area contributed by atoms with Crippen LogP contribution in [0.5, 0.6) is 0 Å². The Kier molecular flexibility index (Phi) is 4.40. The first-order chi connectivity index (χ1) is 7.93. The van der Waals surface area contributed by atoms with Crippen molar-refractivity contribution >= 4 is 12.4 Å². The summed E-state index contributed by atoms with van der Waals surface area (Å²) in [7, 11) is 0. The predicted molar refractivity (Wildman–Crippen MR) is 67.3 cm³/mol. The SMILES string of the molecule is C1CCC(c2nc(C3CCCC3)no2)NC1.Cl. The maximum absolute atomic E-state index is 5.39. The molecule has 1 aromatic rings. The number of aromatic nitrogens is 2. The van der Waals surface area contributed by atoms with Gasteiger partial charge in [0, 0.05) is 5.92 Å². The van der Waals surface area contributed by atoms with Crippen LogP contribution < -0.4 is 5.32 Å². The van der Waals surface area contributed by atoms with Gasteiger partial charge >= 0.3 is 0 Å². The zero-order valence-corrected chi connectivity index (χ0v) is 10.8. The highest BCUT2D eigenvalue weighted by molar-refractivity contribution is 5.85. The molecule has 1 saturated heterocycles. The third kappa shape index (κ3) is 2.80. The third-order valence-corrected chi connectivity index (χ3v) is 3.79. The first kappa shape index (κ1) is 12.8. The summed E-state index contributed by atoms with van der Waals surface area (Å²) >= 11 is 0. The van der Waals surface area contributed by atoms with E-state index in [-0.39, 0.29) is 12.4 Å². The summed E-state index contributed by atoms with van der Waals surface area (Å²) in [6.45, 7) is 1.08. The van der Waals surface area contributed by atoms with Crippen LogP contribution in [0.25, 0.3) is 0 Å². The van der Waals surface area contributed by atoms with Crippen LogP contribution in [-0.4, -0.2) is 16.7 Å². The Labute approximate surface area is 108 Å². The summed E-state index contributed by atoms with van der Waals surface area (Å²) < 4.78 is 5.39. The normalized spacial score (nSPS) is 25.8. The average molecular weight is 258 g/mol. The lowest BCUT2D eigenvalue weighted by atomic mass is 10.0. The van der Waals surface area contributed by atoms with Crippen LogP contribution in [0.2, 0.25) is 0 Å². The standard InChI is InChI=1S/C12H19N3O.ClH/c1-2-6-9(5-1)11-14-12(16-15-11)10-7-3-4-8-13-10;/h9-10,13H,1-8H2;1H. The van der Waals surface area contributed by atoms with E-state index < -0.39 is 0 Å². The van der Waals surface area contributed by atoms with Crippen molar-refractivity contribution < 1.29 is 4.52 Å². The van der Waals surface area contributed by atoms with Gasteiger partial charge in [0.25, 0.3) is 0 Å². The highest BCUT2D eigenvalue weighted by atomic mass is 35.5. The van der Waals surface area contributed by atoms with Crippen LogP contribution in [-0.2, 0) is 0 Å². The van der Waals surface area contributed by atoms with Crippen molar-refractivity contribution in [3.63, 3.8) is 0 Å². The second kappa shape index (κ2) is 5.83. The molecule has 1 aromatic heterocycles. The Balaban J connectivity index is 0.00000108. The molecule has 0 radical (unpaired) electrons. The third-order valence-electron chi connectivity index (χ3n) is 3.79. The minimum absolute atomic E-state index is 0. The van der Waals surface area contributed by atoms with Gasteiger partial charge in [0.15, 0.2) is 5.82 Å². The lowest BCUT2D eigenvalue weighted by Crippen LogP contribution is -2.27. The molecule has 0 spiro atoms. The largest absolute Gasteiger partial charge is 0.338 e. The Morgan fingerprint density at radius 2 is 1.82 bits per heavy atom. The monoisotopic (exact) mass is 257 g/mol. The van der Waals surface area contributed by atoms with Crippen molar-refractivity contribution in [3.05, 3.63) is 11.7 Å². The summed E-state index contributed by atoms with van der Waals surface area (Å²) in [6, 6.07) is 0.302. The molecule has 4 nitrogen and oxygen atoms in total. The Hall–Kier alpha value is -0.610. The van der Waals surface area contributed by atoms with Gasteiger partial charge in [-0.2, -0.15) is 4.98 Å². The first-order valence-electron chi connectivity index (χ1n) is 6.50. The number of halogens is 1. The van der Waals surface area contributed by atoms with E-state index >= 15 is 0 Å². The molecule has 0 bridgehead atoms. The lowest BCUT2D eigenvalue weighted by molar-refractivity contribution is 0.295. The molecule has 1 saturated carbocycles. The predicted octanol–water partition coefficient (Wildman–Crippen LogP) is 2.96. The summed E-state index contributed by atoms with van der Waals surface area (Å²) in [5, 5.41) is 7.59. The van der Waals surface area contributed by atoms with E-state index in [0.717, 1.165) is 24.7 Å². The van der Waals surface area contributed by atoms with Crippen LogP contribution in [0.3, 0.4) is 0 Å². The Morgan fingerprint density at radius 3 is 2.53 bits per heavy atom. The topological polar surface area (TPSA) is 51.0 Å². The van der Waals surface area contributed by atoms with Crippen LogP contribution >= 0.6 is 12.4 Å². The quantitative estimate of drug-likeness (QED) is 0.885. The second-order valence-electron chi connectivity index (χ2n) is 4.97. The van der Waals surface area contributed by atoms with Crippen LogP contribution in [0.4, 0.5) is 0 Å². The maximum atomic E-state index is 5.39. The number of nitrogens with zero attached hydrogens (tertiary/aromatic N) is 2. The summed E-state index contributed by atoms with van der Waals surface area (Å²) in [6.07, 6.45) is 8.76. The van der Waals surface area contributed by atoms with Gasteiger partial charge in [0.1, 0.15) is 0 Å². The smallest absolute Gasteiger partial charge is 0.243 e. The van der Waals surface area contributed by atoms with Crippen molar-refractivity contribution in [2.75, 3.05) is 6.54 Å². The van der Waals surface area contributed by atoms with Crippen molar-refractivity contribution in [2.24, 2.45) is 0 Å². The zero-order valence-electron chi connectivity index (χ0n) is 10.0. The Bertz CT molecular complexity index is 343. The fourth-order valence-corrected chi connectivity index (χ4v) is 2.80. The molecular formula is C12H20ClN3O. The van der Waals surface area contributed by atoms with Gasteiger partial charge in [-0.25, -0.2) is 0 Å². The van der Waals surface area contributed by atoms with Gasteiger partial charge < -0.3 is 9.84 Å². The van der Waals surface area contributed by atoms with Gasteiger partial charge in [-0.05, 0) is 32.2 Å². The van der Waals surface area contributed by atoms with Gasteiger partial charge in [-0.3, -0.25) is 0 Å².